The van der Waals surface area contributed by atoms with Crippen LogP contribution < -0.4 is 11.1 Å². The van der Waals surface area contributed by atoms with Gasteiger partial charge in [-0.1, -0.05) is 19.8 Å². The Morgan fingerprint density at radius 3 is 2.76 bits per heavy atom. The number of nitrogens with one attached hydrogen (secondary N) is 1. The highest BCUT2D eigenvalue weighted by molar-refractivity contribution is 7.10. The van der Waals surface area contributed by atoms with Gasteiger partial charge in [-0.3, -0.25) is 0 Å². The Labute approximate surface area is 107 Å². The summed E-state index contributed by atoms with van der Waals surface area (Å²) >= 11 is 1.54. The largest absolute Gasteiger partial charge is 0.383 e. The standard InChI is InChI=1S/C13H21N3S/c1-13(6-2-3-7-13)8-15-12-10(9-4-5-9)11(14)16-17-12/h9,15H,2-8H2,1H3,(H2,14,16). The fourth-order valence-electron chi connectivity index (χ4n) is 2.90. The third-order valence-electron chi connectivity index (χ3n) is 4.23. The minimum absolute atomic E-state index is 0.486. The summed E-state index contributed by atoms with van der Waals surface area (Å²) in [5, 5.41) is 4.85. The van der Waals surface area contributed by atoms with Crippen molar-refractivity contribution >= 4 is 22.4 Å². The van der Waals surface area contributed by atoms with Crippen LogP contribution in [0.25, 0.3) is 0 Å². The summed E-state index contributed by atoms with van der Waals surface area (Å²) in [6, 6.07) is 0. The van der Waals surface area contributed by atoms with Gasteiger partial charge in [-0.25, -0.2) is 0 Å². The second-order valence-electron chi connectivity index (χ2n) is 5.96. The number of nitrogens with zero attached hydrogens (tertiary/aromatic N) is 1. The molecule has 0 bridgehead atoms. The number of aromatic nitrogens is 1. The van der Waals surface area contributed by atoms with Gasteiger partial charge in [-0.05, 0) is 48.5 Å². The van der Waals surface area contributed by atoms with E-state index < -0.39 is 0 Å². The van der Waals surface area contributed by atoms with E-state index in [-0.39, 0.29) is 0 Å². The van der Waals surface area contributed by atoms with Gasteiger partial charge in [0.15, 0.2) is 0 Å². The molecule has 0 atom stereocenters. The van der Waals surface area contributed by atoms with E-state index in [1.165, 1.54) is 49.1 Å². The van der Waals surface area contributed by atoms with Crippen LogP contribution in [0.15, 0.2) is 0 Å². The van der Waals surface area contributed by atoms with E-state index in [1.54, 1.807) is 11.5 Å². The number of nitrogen functional groups attached to an aromatic ring is 1. The molecule has 1 aromatic heterocycles. The molecule has 2 aliphatic rings. The molecule has 1 aromatic rings. The third-order valence-corrected chi connectivity index (χ3v) is 5.06. The molecule has 3 N–H and O–H groups in total. The van der Waals surface area contributed by atoms with Crippen LogP contribution >= 0.6 is 11.5 Å². The predicted octanol–water partition coefficient (Wildman–Crippen LogP) is 3.59. The Bertz CT molecular complexity index is 403. The summed E-state index contributed by atoms with van der Waals surface area (Å²) in [4.78, 5) is 0. The summed E-state index contributed by atoms with van der Waals surface area (Å²) in [6.07, 6.45) is 8.06. The van der Waals surface area contributed by atoms with E-state index in [0.29, 0.717) is 11.3 Å². The Kier molecular flexibility index (Phi) is 2.77. The molecule has 17 heavy (non-hydrogen) atoms. The lowest BCUT2D eigenvalue weighted by molar-refractivity contribution is 0.362. The van der Waals surface area contributed by atoms with Crippen LogP contribution in [0.1, 0.15) is 56.9 Å². The van der Waals surface area contributed by atoms with E-state index in [4.69, 9.17) is 5.73 Å². The van der Waals surface area contributed by atoms with Crippen molar-refractivity contribution in [2.24, 2.45) is 5.41 Å². The molecule has 2 saturated carbocycles. The lowest BCUT2D eigenvalue weighted by atomic mass is 9.89. The molecule has 2 aliphatic carbocycles. The first-order valence-electron chi connectivity index (χ1n) is 6.67. The van der Waals surface area contributed by atoms with Crippen LogP contribution in [-0.2, 0) is 0 Å². The van der Waals surface area contributed by atoms with Gasteiger partial charge in [-0.15, -0.1) is 0 Å². The molecule has 3 nitrogen and oxygen atoms in total. The topological polar surface area (TPSA) is 50.9 Å². The van der Waals surface area contributed by atoms with Crippen molar-refractivity contribution in [2.75, 3.05) is 17.6 Å². The highest BCUT2D eigenvalue weighted by Crippen LogP contribution is 2.48. The van der Waals surface area contributed by atoms with Crippen LogP contribution in [0.3, 0.4) is 0 Å². The maximum Gasteiger partial charge on any atom is 0.142 e. The summed E-state index contributed by atoms with van der Waals surface area (Å²) in [7, 11) is 0. The normalized spacial score (nSPS) is 22.9. The van der Waals surface area contributed by atoms with Crippen LogP contribution in [0.4, 0.5) is 10.8 Å². The van der Waals surface area contributed by atoms with Crippen molar-refractivity contribution in [2.45, 2.75) is 51.4 Å². The molecular formula is C13H21N3S. The molecule has 0 aromatic carbocycles. The molecule has 0 spiro atoms. The van der Waals surface area contributed by atoms with Gasteiger partial charge in [0, 0.05) is 12.1 Å². The van der Waals surface area contributed by atoms with Gasteiger partial charge in [0.05, 0.1) is 0 Å². The van der Waals surface area contributed by atoms with E-state index in [9.17, 15) is 0 Å². The Balaban J connectivity index is 1.68. The van der Waals surface area contributed by atoms with Crippen molar-refractivity contribution in [3.63, 3.8) is 0 Å². The number of hydrogen-bond donors (Lipinski definition) is 2. The number of nitrogens with two attached hydrogens (primary N) is 1. The van der Waals surface area contributed by atoms with Crippen molar-refractivity contribution in [3.8, 4) is 0 Å². The van der Waals surface area contributed by atoms with Crippen molar-refractivity contribution in [3.05, 3.63) is 5.56 Å². The van der Waals surface area contributed by atoms with Gasteiger partial charge in [-0.2, -0.15) is 4.37 Å². The highest BCUT2D eigenvalue weighted by Gasteiger charge is 2.32. The molecule has 0 radical (unpaired) electrons. The van der Waals surface area contributed by atoms with E-state index >= 15 is 0 Å². The first-order chi connectivity index (χ1) is 8.18. The molecule has 2 fully saturated rings. The number of rotatable bonds is 4. The Hall–Kier alpha value is -0.770. The fraction of sp³-hybridized carbons (Fsp3) is 0.769. The first-order valence-corrected chi connectivity index (χ1v) is 7.44. The zero-order chi connectivity index (χ0) is 11.9. The maximum atomic E-state index is 5.96. The average molecular weight is 251 g/mol. The van der Waals surface area contributed by atoms with E-state index in [0.717, 1.165) is 12.4 Å². The quantitative estimate of drug-likeness (QED) is 0.859. The lowest BCUT2D eigenvalue weighted by Crippen LogP contribution is -2.22. The molecule has 0 aliphatic heterocycles. The number of hydrogen-bond acceptors (Lipinski definition) is 4. The van der Waals surface area contributed by atoms with Gasteiger partial charge >= 0.3 is 0 Å². The minimum Gasteiger partial charge on any atom is -0.383 e. The van der Waals surface area contributed by atoms with Gasteiger partial charge in [0.1, 0.15) is 10.8 Å². The minimum atomic E-state index is 0.486. The molecule has 4 heteroatoms. The summed E-state index contributed by atoms with van der Waals surface area (Å²) in [5.74, 6) is 1.45. The molecule has 0 amide bonds. The van der Waals surface area contributed by atoms with Crippen LogP contribution in [0, 0.1) is 5.41 Å². The van der Waals surface area contributed by atoms with E-state index in [2.05, 4.69) is 16.6 Å². The average Bonchev–Trinajstić information content (AvgIpc) is 2.94. The van der Waals surface area contributed by atoms with Crippen LogP contribution in [0.5, 0.6) is 0 Å². The molecule has 0 saturated heterocycles. The number of anilines is 2. The molecule has 0 unspecified atom stereocenters. The van der Waals surface area contributed by atoms with Crippen molar-refractivity contribution < 1.29 is 0 Å². The Morgan fingerprint density at radius 2 is 2.12 bits per heavy atom. The monoisotopic (exact) mass is 251 g/mol. The lowest BCUT2D eigenvalue weighted by Gasteiger charge is -2.24. The zero-order valence-corrected chi connectivity index (χ0v) is 11.3. The van der Waals surface area contributed by atoms with Crippen molar-refractivity contribution in [1.82, 2.24) is 4.37 Å². The van der Waals surface area contributed by atoms with E-state index in [1.807, 2.05) is 0 Å². The Morgan fingerprint density at radius 1 is 1.41 bits per heavy atom. The predicted molar refractivity (Wildman–Crippen MR) is 73.6 cm³/mol. The highest BCUT2D eigenvalue weighted by atomic mass is 32.1. The second-order valence-corrected chi connectivity index (χ2v) is 6.73. The SMILES string of the molecule is CC1(CNc2snc(N)c2C2CC2)CCCC1. The van der Waals surface area contributed by atoms with Crippen LogP contribution in [0.2, 0.25) is 0 Å². The zero-order valence-electron chi connectivity index (χ0n) is 10.5. The summed E-state index contributed by atoms with van der Waals surface area (Å²) < 4.78 is 4.30. The summed E-state index contributed by atoms with van der Waals surface area (Å²) in [5.41, 5.74) is 7.75. The molecule has 1 heterocycles. The molecule has 94 valence electrons. The summed E-state index contributed by atoms with van der Waals surface area (Å²) in [6.45, 7) is 3.47. The molecule has 3 rings (SSSR count). The van der Waals surface area contributed by atoms with Gasteiger partial charge in [0.2, 0.25) is 0 Å². The molecular weight excluding hydrogens is 230 g/mol. The van der Waals surface area contributed by atoms with Crippen molar-refractivity contribution in [1.29, 1.82) is 0 Å². The van der Waals surface area contributed by atoms with Crippen LogP contribution in [-0.4, -0.2) is 10.9 Å². The fourth-order valence-corrected chi connectivity index (χ4v) is 3.70. The maximum absolute atomic E-state index is 5.96. The van der Waals surface area contributed by atoms with Gasteiger partial charge < -0.3 is 11.1 Å². The smallest absolute Gasteiger partial charge is 0.142 e. The second kappa shape index (κ2) is 4.16. The first kappa shape index (κ1) is 11.3. The van der Waals surface area contributed by atoms with Gasteiger partial charge in [0.25, 0.3) is 0 Å². The third kappa shape index (κ3) is 2.28.